The summed E-state index contributed by atoms with van der Waals surface area (Å²) < 4.78 is 5.40. The summed E-state index contributed by atoms with van der Waals surface area (Å²) in [4.78, 5) is 0. The number of aromatic nitrogens is 2. The summed E-state index contributed by atoms with van der Waals surface area (Å²) in [5, 5.41) is 13.8. The van der Waals surface area contributed by atoms with Crippen molar-refractivity contribution < 1.29 is 4.74 Å². The van der Waals surface area contributed by atoms with Crippen LogP contribution in [0.5, 0.6) is 0 Å². The fraction of sp³-hybridized carbons (Fsp3) is 0.818. The predicted octanol–water partition coefficient (Wildman–Crippen LogP) is 2.48. The maximum absolute atomic E-state index is 5.40. The summed E-state index contributed by atoms with van der Waals surface area (Å²) in [6.45, 7) is 9.21. The molecular formula is C11H21N3OS. The lowest BCUT2D eigenvalue weighted by molar-refractivity contribution is 0.0185. The van der Waals surface area contributed by atoms with Gasteiger partial charge in [-0.15, -0.1) is 10.2 Å². The molecule has 0 saturated carbocycles. The zero-order chi connectivity index (χ0) is 12.2. The van der Waals surface area contributed by atoms with E-state index in [0.717, 1.165) is 23.0 Å². The highest BCUT2D eigenvalue weighted by Gasteiger charge is 2.26. The zero-order valence-corrected chi connectivity index (χ0v) is 11.5. The maximum Gasteiger partial charge on any atom is 0.148 e. The van der Waals surface area contributed by atoms with Crippen LogP contribution in [0.4, 0.5) is 0 Å². The van der Waals surface area contributed by atoms with Gasteiger partial charge >= 0.3 is 0 Å². The maximum atomic E-state index is 5.40. The number of hydrogen-bond donors (Lipinski definition) is 1. The van der Waals surface area contributed by atoms with Crippen LogP contribution in [0.25, 0.3) is 0 Å². The van der Waals surface area contributed by atoms with Gasteiger partial charge in [-0.2, -0.15) is 0 Å². The second-order valence-corrected chi connectivity index (χ2v) is 5.19. The van der Waals surface area contributed by atoms with Crippen LogP contribution in [-0.2, 0) is 10.3 Å². The van der Waals surface area contributed by atoms with Gasteiger partial charge in [-0.3, -0.25) is 0 Å². The number of nitrogens with zero attached hydrogens (tertiary/aromatic N) is 2. The quantitative estimate of drug-likeness (QED) is 0.834. The van der Waals surface area contributed by atoms with Gasteiger partial charge in [0, 0.05) is 7.11 Å². The van der Waals surface area contributed by atoms with E-state index in [2.05, 4.69) is 29.4 Å². The van der Waals surface area contributed by atoms with Gasteiger partial charge in [0.25, 0.3) is 0 Å². The van der Waals surface area contributed by atoms with Gasteiger partial charge in [0.05, 0.1) is 6.04 Å². The molecule has 1 aromatic rings. The van der Waals surface area contributed by atoms with Crippen molar-refractivity contribution in [1.82, 2.24) is 15.5 Å². The monoisotopic (exact) mass is 243 g/mol. The Morgan fingerprint density at radius 3 is 2.56 bits per heavy atom. The highest BCUT2D eigenvalue weighted by molar-refractivity contribution is 7.11. The number of hydrogen-bond acceptors (Lipinski definition) is 5. The van der Waals surface area contributed by atoms with Crippen LogP contribution in [0.2, 0.25) is 0 Å². The zero-order valence-electron chi connectivity index (χ0n) is 10.7. The van der Waals surface area contributed by atoms with Gasteiger partial charge in [0.15, 0.2) is 0 Å². The highest BCUT2D eigenvalue weighted by atomic mass is 32.1. The topological polar surface area (TPSA) is 47.0 Å². The molecule has 0 radical (unpaired) electrons. The van der Waals surface area contributed by atoms with Crippen LogP contribution in [0.1, 0.15) is 50.2 Å². The molecule has 16 heavy (non-hydrogen) atoms. The Labute approximate surface area is 101 Å². The summed E-state index contributed by atoms with van der Waals surface area (Å²) >= 11 is 1.63. The van der Waals surface area contributed by atoms with Gasteiger partial charge in [-0.25, -0.2) is 0 Å². The molecule has 0 aliphatic rings. The molecule has 0 amide bonds. The minimum Gasteiger partial charge on any atom is -0.372 e. The van der Waals surface area contributed by atoms with Crippen LogP contribution < -0.4 is 5.32 Å². The summed E-state index contributed by atoms with van der Waals surface area (Å²) in [6, 6.07) is 0.309. The molecule has 1 unspecified atom stereocenters. The molecule has 1 N–H and O–H groups in total. The first-order chi connectivity index (χ1) is 7.55. The van der Waals surface area contributed by atoms with Crippen LogP contribution in [0.3, 0.4) is 0 Å². The molecular weight excluding hydrogens is 222 g/mol. The third-order valence-electron chi connectivity index (χ3n) is 2.62. The Hall–Kier alpha value is -0.520. The Kier molecular flexibility index (Phi) is 4.83. The number of rotatable bonds is 6. The summed E-state index contributed by atoms with van der Waals surface area (Å²) in [6.07, 6.45) is 1.02. The first-order valence-electron chi connectivity index (χ1n) is 5.67. The van der Waals surface area contributed by atoms with Crippen molar-refractivity contribution >= 4 is 11.3 Å². The van der Waals surface area contributed by atoms with Crippen LogP contribution in [0.15, 0.2) is 0 Å². The standard InChI is InChI=1S/C11H21N3OS/c1-6-8(12-7-2)9-13-14-10(16-9)11(3,4)15-5/h8,12H,6-7H2,1-5H3. The second-order valence-electron chi connectivity index (χ2n) is 4.18. The molecule has 0 saturated heterocycles. The molecule has 5 heteroatoms. The van der Waals surface area contributed by atoms with Crippen molar-refractivity contribution in [3.8, 4) is 0 Å². The van der Waals surface area contributed by atoms with Gasteiger partial charge in [-0.1, -0.05) is 25.2 Å². The molecule has 0 aromatic carbocycles. The van der Waals surface area contributed by atoms with Crippen molar-refractivity contribution in [3.63, 3.8) is 0 Å². The van der Waals surface area contributed by atoms with Gasteiger partial charge in [-0.05, 0) is 26.8 Å². The van der Waals surface area contributed by atoms with Crippen molar-refractivity contribution in [1.29, 1.82) is 0 Å². The lowest BCUT2D eigenvalue weighted by Gasteiger charge is -2.18. The van der Waals surface area contributed by atoms with Crippen molar-refractivity contribution in [2.75, 3.05) is 13.7 Å². The van der Waals surface area contributed by atoms with Crippen molar-refractivity contribution in [2.24, 2.45) is 0 Å². The van der Waals surface area contributed by atoms with Gasteiger partial charge < -0.3 is 10.1 Å². The Balaban J connectivity index is 2.85. The molecule has 0 aliphatic heterocycles. The molecule has 1 aromatic heterocycles. The van der Waals surface area contributed by atoms with E-state index in [1.165, 1.54) is 0 Å². The Morgan fingerprint density at radius 2 is 2.06 bits per heavy atom. The highest BCUT2D eigenvalue weighted by Crippen LogP contribution is 2.29. The normalized spacial score (nSPS) is 14.1. The molecule has 0 spiro atoms. The van der Waals surface area contributed by atoms with Gasteiger partial charge in [0.2, 0.25) is 0 Å². The fourth-order valence-corrected chi connectivity index (χ4v) is 2.44. The van der Waals surface area contributed by atoms with Crippen LogP contribution in [-0.4, -0.2) is 23.9 Å². The number of methoxy groups -OCH3 is 1. The number of nitrogens with one attached hydrogen (secondary N) is 1. The largest absolute Gasteiger partial charge is 0.372 e. The Bertz CT molecular complexity index is 325. The molecule has 1 atom stereocenters. The third kappa shape index (κ3) is 2.99. The van der Waals surface area contributed by atoms with Gasteiger partial charge in [0.1, 0.15) is 15.6 Å². The summed E-state index contributed by atoms with van der Waals surface area (Å²) in [5.74, 6) is 0. The van der Waals surface area contributed by atoms with E-state index in [9.17, 15) is 0 Å². The molecule has 92 valence electrons. The van der Waals surface area contributed by atoms with Crippen molar-refractivity contribution in [3.05, 3.63) is 10.0 Å². The third-order valence-corrected chi connectivity index (χ3v) is 3.96. The second kappa shape index (κ2) is 5.70. The van der Waals surface area contributed by atoms with E-state index in [-0.39, 0.29) is 5.60 Å². The minimum absolute atomic E-state index is 0.309. The van der Waals surface area contributed by atoms with E-state index in [1.54, 1.807) is 18.4 Å². The molecule has 0 aliphatic carbocycles. The molecule has 0 fully saturated rings. The lowest BCUT2D eigenvalue weighted by Crippen LogP contribution is -2.20. The summed E-state index contributed by atoms with van der Waals surface area (Å²) in [5.41, 5.74) is -0.347. The smallest absolute Gasteiger partial charge is 0.148 e. The average Bonchev–Trinajstić information content (AvgIpc) is 2.75. The van der Waals surface area contributed by atoms with E-state index in [4.69, 9.17) is 4.74 Å². The first kappa shape index (κ1) is 13.5. The molecule has 1 heterocycles. The fourth-order valence-electron chi connectivity index (χ4n) is 1.36. The lowest BCUT2D eigenvalue weighted by atomic mass is 10.1. The van der Waals surface area contributed by atoms with E-state index in [1.807, 2.05) is 13.8 Å². The Morgan fingerprint density at radius 1 is 1.38 bits per heavy atom. The van der Waals surface area contributed by atoms with E-state index >= 15 is 0 Å². The SMILES string of the molecule is CCNC(CC)c1nnc(C(C)(C)OC)s1. The van der Waals surface area contributed by atoms with Crippen LogP contribution >= 0.6 is 11.3 Å². The number of ether oxygens (including phenoxy) is 1. The van der Waals surface area contributed by atoms with Crippen molar-refractivity contribution in [2.45, 2.75) is 45.8 Å². The minimum atomic E-state index is -0.347. The van der Waals surface area contributed by atoms with Crippen LogP contribution in [0, 0.1) is 0 Å². The average molecular weight is 243 g/mol. The van der Waals surface area contributed by atoms with E-state index < -0.39 is 0 Å². The molecule has 1 rings (SSSR count). The molecule has 0 bridgehead atoms. The predicted molar refractivity (Wildman–Crippen MR) is 66.7 cm³/mol. The summed E-state index contributed by atoms with van der Waals surface area (Å²) in [7, 11) is 1.70. The molecule has 4 nitrogen and oxygen atoms in total. The first-order valence-corrected chi connectivity index (χ1v) is 6.49. The van der Waals surface area contributed by atoms with E-state index in [0.29, 0.717) is 6.04 Å².